The van der Waals surface area contributed by atoms with Gasteiger partial charge in [0.15, 0.2) is 0 Å². The van der Waals surface area contributed by atoms with E-state index < -0.39 is 17.5 Å². The monoisotopic (exact) mass is 418 g/mol. The van der Waals surface area contributed by atoms with Crippen molar-refractivity contribution in [1.29, 1.82) is 0 Å². The van der Waals surface area contributed by atoms with Crippen LogP contribution in [-0.2, 0) is 17.8 Å². The number of imide groups is 1. The van der Waals surface area contributed by atoms with E-state index in [1.807, 2.05) is 30.3 Å². The molecule has 0 bridgehead atoms. The maximum atomic E-state index is 12.9. The molecule has 4 rings (SSSR count). The Bertz CT molecular complexity index is 1120. The molecule has 1 fully saturated rings. The molecule has 0 spiro atoms. The second-order valence-corrected chi connectivity index (χ2v) is 7.48. The lowest BCUT2D eigenvalue weighted by Crippen LogP contribution is -2.54. The van der Waals surface area contributed by atoms with Gasteiger partial charge in [-0.05, 0) is 48.4 Å². The van der Waals surface area contributed by atoms with Crippen LogP contribution in [-0.4, -0.2) is 48.5 Å². The fraction of sp³-hybridized carbons (Fsp3) is 0.261. The molecular formula is C23H22N4O4. The lowest BCUT2D eigenvalue weighted by Gasteiger charge is -2.26. The summed E-state index contributed by atoms with van der Waals surface area (Å²) in [7, 11) is 1.53. The molecule has 8 nitrogen and oxygen atoms in total. The minimum absolute atomic E-state index is 0.0708. The number of carbonyl (C=O) groups excluding carboxylic acids is 3. The quantitative estimate of drug-likeness (QED) is 0.491. The Morgan fingerprint density at radius 3 is 2.58 bits per heavy atom. The molecule has 1 unspecified atom stereocenters. The van der Waals surface area contributed by atoms with Gasteiger partial charge in [0, 0.05) is 17.7 Å². The lowest BCUT2D eigenvalue weighted by molar-refractivity contribution is -0.122. The molecule has 2 aliphatic rings. The highest BCUT2D eigenvalue weighted by Gasteiger charge is 2.48. The average molecular weight is 418 g/mol. The van der Waals surface area contributed by atoms with E-state index in [1.54, 1.807) is 12.1 Å². The highest BCUT2D eigenvalue weighted by Crippen LogP contribution is 2.28. The van der Waals surface area contributed by atoms with E-state index in [2.05, 4.69) is 22.5 Å². The number of nitrogens with one attached hydrogen (secondary N) is 2. The van der Waals surface area contributed by atoms with Gasteiger partial charge in [0.1, 0.15) is 5.75 Å². The molecule has 0 aromatic heterocycles. The number of benzene rings is 2. The zero-order valence-corrected chi connectivity index (χ0v) is 17.0. The lowest BCUT2D eigenvalue weighted by atomic mass is 9.98. The van der Waals surface area contributed by atoms with Gasteiger partial charge in [0.25, 0.3) is 11.8 Å². The molecule has 2 aromatic carbocycles. The van der Waals surface area contributed by atoms with Crippen molar-refractivity contribution in [1.82, 2.24) is 15.5 Å². The van der Waals surface area contributed by atoms with Gasteiger partial charge in [0.2, 0.25) is 5.54 Å². The van der Waals surface area contributed by atoms with E-state index in [4.69, 9.17) is 10.5 Å². The van der Waals surface area contributed by atoms with Gasteiger partial charge >= 0.3 is 6.03 Å². The van der Waals surface area contributed by atoms with Crippen LogP contribution < -0.4 is 21.1 Å². The number of amides is 4. The maximum absolute atomic E-state index is 12.9. The smallest absolute Gasteiger partial charge is 0.323 e. The number of methoxy groups -OCH3 is 1. The standard InChI is InChI=1S/C23H22N4O4/c1-31-18-7-6-17-13-27(20(28)19(17)12-18)14-23(21(29)25-22(30)26-23)10-8-15-2-4-16(5-3-15)9-11-24/h2-7,12H,9,11,13-14,24H2,1H3,(H2,25,26,29,30). The number of ether oxygens (including phenoxy) is 1. The Labute approximate surface area is 179 Å². The zero-order chi connectivity index (χ0) is 22.0. The average Bonchev–Trinajstić information content (AvgIpc) is 3.22. The molecule has 0 aliphatic carbocycles. The first kappa shape index (κ1) is 20.4. The van der Waals surface area contributed by atoms with Crippen molar-refractivity contribution < 1.29 is 19.1 Å². The third kappa shape index (κ3) is 3.96. The van der Waals surface area contributed by atoms with E-state index in [1.165, 1.54) is 12.0 Å². The second kappa shape index (κ2) is 8.13. The van der Waals surface area contributed by atoms with Crippen molar-refractivity contribution in [3.05, 3.63) is 64.7 Å². The van der Waals surface area contributed by atoms with Gasteiger partial charge in [-0.25, -0.2) is 4.79 Å². The molecule has 1 atom stereocenters. The summed E-state index contributed by atoms with van der Waals surface area (Å²) in [6.07, 6.45) is 0.762. The van der Waals surface area contributed by atoms with Crippen LogP contribution in [0.3, 0.4) is 0 Å². The number of rotatable bonds is 5. The van der Waals surface area contributed by atoms with Crippen molar-refractivity contribution in [2.75, 3.05) is 20.2 Å². The van der Waals surface area contributed by atoms with Gasteiger partial charge in [-0.15, -0.1) is 0 Å². The van der Waals surface area contributed by atoms with Crippen molar-refractivity contribution in [3.63, 3.8) is 0 Å². The number of carbonyl (C=O) groups is 3. The number of nitrogens with zero attached hydrogens (tertiary/aromatic N) is 1. The van der Waals surface area contributed by atoms with Crippen LogP contribution in [0.15, 0.2) is 42.5 Å². The van der Waals surface area contributed by atoms with Crippen LogP contribution in [0.2, 0.25) is 0 Å². The summed E-state index contributed by atoms with van der Waals surface area (Å²) >= 11 is 0. The number of urea groups is 1. The highest BCUT2D eigenvalue weighted by molar-refractivity contribution is 6.10. The van der Waals surface area contributed by atoms with Crippen LogP contribution in [0.4, 0.5) is 4.79 Å². The van der Waals surface area contributed by atoms with E-state index in [-0.39, 0.29) is 12.5 Å². The highest BCUT2D eigenvalue weighted by atomic mass is 16.5. The summed E-state index contributed by atoms with van der Waals surface area (Å²) in [5, 5.41) is 4.84. The van der Waals surface area contributed by atoms with Crippen molar-refractivity contribution in [3.8, 4) is 17.6 Å². The summed E-state index contributed by atoms with van der Waals surface area (Å²) < 4.78 is 5.20. The molecule has 2 aromatic rings. The first-order valence-corrected chi connectivity index (χ1v) is 9.86. The van der Waals surface area contributed by atoms with E-state index in [0.29, 0.717) is 30.0 Å². The third-order valence-corrected chi connectivity index (χ3v) is 5.37. The first-order chi connectivity index (χ1) is 14.9. The van der Waals surface area contributed by atoms with Crippen LogP contribution in [0, 0.1) is 11.8 Å². The van der Waals surface area contributed by atoms with Gasteiger partial charge in [-0.2, -0.15) is 0 Å². The predicted octanol–water partition coefficient (Wildman–Crippen LogP) is 0.782. The van der Waals surface area contributed by atoms with Gasteiger partial charge in [0.05, 0.1) is 13.7 Å². The Kier molecular flexibility index (Phi) is 5.36. The largest absolute Gasteiger partial charge is 0.497 e. The number of hydrogen-bond acceptors (Lipinski definition) is 5. The molecule has 1 saturated heterocycles. The minimum atomic E-state index is -1.53. The molecule has 4 N–H and O–H groups in total. The molecule has 4 amide bonds. The number of fused-ring (bicyclic) bond motifs is 1. The number of hydrogen-bond donors (Lipinski definition) is 3. The topological polar surface area (TPSA) is 114 Å². The van der Waals surface area contributed by atoms with Crippen LogP contribution in [0.25, 0.3) is 0 Å². The predicted molar refractivity (Wildman–Crippen MR) is 113 cm³/mol. The second-order valence-electron chi connectivity index (χ2n) is 7.48. The van der Waals surface area contributed by atoms with Crippen LogP contribution >= 0.6 is 0 Å². The van der Waals surface area contributed by atoms with Crippen LogP contribution in [0.5, 0.6) is 5.75 Å². The third-order valence-electron chi connectivity index (χ3n) is 5.37. The van der Waals surface area contributed by atoms with E-state index in [9.17, 15) is 14.4 Å². The van der Waals surface area contributed by atoms with Crippen LogP contribution in [0.1, 0.15) is 27.0 Å². The molecule has 31 heavy (non-hydrogen) atoms. The SMILES string of the molecule is COc1ccc2c(c1)C(=O)N(CC1(C#Cc3ccc(CCN)cc3)NC(=O)NC1=O)C2. The van der Waals surface area contributed by atoms with Gasteiger partial charge in [-0.3, -0.25) is 14.9 Å². The minimum Gasteiger partial charge on any atom is -0.497 e. The molecule has 2 aliphatic heterocycles. The Hall–Kier alpha value is -3.83. The van der Waals surface area contributed by atoms with Crippen molar-refractivity contribution in [2.45, 2.75) is 18.5 Å². The normalized spacial score (nSPS) is 19.4. The fourth-order valence-electron chi connectivity index (χ4n) is 3.71. The summed E-state index contributed by atoms with van der Waals surface area (Å²) in [5.74, 6) is 5.62. The Morgan fingerprint density at radius 2 is 1.94 bits per heavy atom. The molecule has 158 valence electrons. The molecule has 2 heterocycles. The summed E-state index contributed by atoms with van der Waals surface area (Å²) in [5.41, 5.74) is 7.16. The summed E-state index contributed by atoms with van der Waals surface area (Å²) in [4.78, 5) is 39.0. The van der Waals surface area contributed by atoms with E-state index >= 15 is 0 Å². The Balaban J connectivity index is 1.60. The molecule has 0 saturated carbocycles. The van der Waals surface area contributed by atoms with Crippen molar-refractivity contribution >= 4 is 17.8 Å². The van der Waals surface area contributed by atoms with Gasteiger partial charge in [-0.1, -0.05) is 30.0 Å². The fourth-order valence-corrected chi connectivity index (χ4v) is 3.71. The summed E-state index contributed by atoms with van der Waals surface area (Å²) in [6.45, 7) is 0.801. The summed E-state index contributed by atoms with van der Waals surface area (Å²) in [6, 6.07) is 12.2. The zero-order valence-electron chi connectivity index (χ0n) is 17.0. The molecular weight excluding hydrogens is 396 g/mol. The van der Waals surface area contributed by atoms with Crippen molar-refractivity contribution in [2.24, 2.45) is 5.73 Å². The molecule has 0 radical (unpaired) electrons. The van der Waals surface area contributed by atoms with Gasteiger partial charge < -0.3 is 20.7 Å². The maximum Gasteiger partial charge on any atom is 0.323 e. The molecule has 8 heteroatoms. The first-order valence-electron chi connectivity index (χ1n) is 9.86. The van der Waals surface area contributed by atoms with E-state index in [0.717, 1.165) is 17.5 Å². The Morgan fingerprint density at radius 1 is 1.16 bits per heavy atom. The number of nitrogens with two attached hydrogens (primary N) is 1.